The first-order valence-electron chi connectivity index (χ1n) is 7.25. The number of ether oxygens (including phenoxy) is 2. The Labute approximate surface area is 125 Å². The number of hydrogen-bond donors (Lipinski definition) is 0. The maximum Gasteiger partial charge on any atom is 0.132 e. The standard InChI is InChI=1S/C18H20O3/c1-2-15(19)8-7-13-20-17-11-6-12-18(14-17)21-16-9-4-3-5-10-16/h3-6,9-12,14H,2,7-8,13H2,1H3. The van der Waals surface area contributed by atoms with Crippen molar-refractivity contribution < 1.29 is 14.3 Å². The number of Topliss-reactive ketones (excluding diaryl/α,β-unsaturated/α-hetero) is 1. The van der Waals surface area contributed by atoms with Crippen LogP contribution in [-0.2, 0) is 4.79 Å². The fraction of sp³-hybridized carbons (Fsp3) is 0.278. The maximum absolute atomic E-state index is 11.2. The van der Waals surface area contributed by atoms with E-state index in [0.29, 0.717) is 19.4 Å². The average molecular weight is 284 g/mol. The summed E-state index contributed by atoms with van der Waals surface area (Å²) in [5.74, 6) is 2.57. The van der Waals surface area contributed by atoms with Crippen LogP contribution >= 0.6 is 0 Å². The molecule has 3 heteroatoms. The predicted molar refractivity (Wildman–Crippen MR) is 83.0 cm³/mol. The molecule has 0 aliphatic carbocycles. The minimum absolute atomic E-state index is 0.278. The molecule has 3 nitrogen and oxygen atoms in total. The van der Waals surface area contributed by atoms with Crippen LogP contribution < -0.4 is 9.47 Å². The average Bonchev–Trinajstić information content (AvgIpc) is 2.52. The summed E-state index contributed by atoms with van der Waals surface area (Å²) < 4.78 is 11.4. The van der Waals surface area contributed by atoms with Gasteiger partial charge in [-0.05, 0) is 30.7 Å². The molecule has 0 radical (unpaired) electrons. The van der Waals surface area contributed by atoms with Gasteiger partial charge in [-0.1, -0.05) is 31.2 Å². The molecule has 2 aromatic rings. The van der Waals surface area contributed by atoms with Gasteiger partial charge < -0.3 is 9.47 Å². The molecule has 2 rings (SSSR count). The Bertz CT molecular complexity index is 564. The second-order valence-electron chi connectivity index (χ2n) is 4.73. The van der Waals surface area contributed by atoms with Crippen LogP contribution in [0.25, 0.3) is 0 Å². The van der Waals surface area contributed by atoms with Gasteiger partial charge in [0.15, 0.2) is 0 Å². The van der Waals surface area contributed by atoms with Crippen molar-refractivity contribution in [2.24, 2.45) is 0 Å². The molecule has 21 heavy (non-hydrogen) atoms. The number of ketones is 1. The van der Waals surface area contributed by atoms with Crippen molar-refractivity contribution in [2.45, 2.75) is 26.2 Å². The molecule has 0 fully saturated rings. The highest BCUT2D eigenvalue weighted by Gasteiger charge is 2.01. The molecule has 110 valence electrons. The Morgan fingerprint density at radius 2 is 1.67 bits per heavy atom. The monoisotopic (exact) mass is 284 g/mol. The summed E-state index contributed by atoms with van der Waals surface area (Å²) in [5, 5.41) is 0. The Kier molecular flexibility index (Phi) is 5.83. The molecule has 0 aliphatic heterocycles. The molecule has 0 saturated carbocycles. The first-order valence-corrected chi connectivity index (χ1v) is 7.25. The van der Waals surface area contributed by atoms with Crippen molar-refractivity contribution in [1.29, 1.82) is 0 Å². The lowest BCUT2D eigenvalue weighted by atomic mass is 10.2. The molecule has 0 N–H and O–H groups in total. The summed E-state index contributed by atoms with van der Waals surface area (Å²) >= 11 is 0. The third-order valence-corrected chi connectivity index (χ3v) is 3.05. The van der Waals surface area contributed by atoms with E-state index in [1.54, 1.807) is 0 Å². The van der Waals surface area contributed by atoms with E-state index in [-0.39, 0.29) is 5.78 Å². The number of carbonyl (C=O) groups is 1. The quantitative estimate of drug-likeness (QED) is 0.664. The molecule has 0 aromatic heterocycles. The highest BCUT2D eigenvalue weighted by molar-refractivity contribution is 5.77. The third-order valence-electron chi connectivity index (χ3n) is 3.05. The molecular formula is C18H20O3. The normalized spacial score (nSPS) is 10.1. The molecule has 0 amide bonds. The summed E-state index contributed by atoms with van der Waals surface area (Å²) in [5.41, 5.74) is 0. The third kappa shape index (κ3) is 5.30. The van der Waals surface area contributed by atoms with E-state index in [2.05, 4.69) is 0 Å². The molecule has 2 aromatic carbocycles. The first kappa shape index (κ1) is 15.1. The Balaban J connectivity index is 1.85. The largest absolute Gasteiger partial charge is 0.493 e. The maximum atomic E-state index is 11.2. The summed E-state index contributed by atoms with van der Waals surface area (Å²) in [6.45, 7) is 2.42. The van der Waals surface area contributed by atoms with Gasteiger partial charge in [-0.3, -0.25) is 4.79 Å². The van der Waals surface area contributed by atoms with E-state index in [1.165, 1.54) is 0 Å². The lowest BCUT2D eigenvalue weighted by molar-refractivity contribution is -0.118. The molecular weight excluding hydrogens is 264 g/mol. The number of benzene rings is 2. The number of hydrogen-bond acceptors (Lipinski definition) is 3. The van der Waals surface area contributed by atoms with Crippen LogP contribution in [0.4, 0.5) is 0 Å². The highest BCUT2D eigenvalue weighted by Crippen LogP contribution is 2.25. The van der Waals surface area contributed by atoms with Crippen LogP contribution in [0.2, 0.25) is 0 Å². The van der Waals surface area contributed by atoms with E-state index in [0.717, 1.165) is 23.7 Å². The van der Waals surface area contributed by atoms with Gasteiger partial charge in [-0.25, -0.2) is 0 Å². The molecule has 0 atom stereocenters. The minimum atomic E-state index is 0.278. The number of para-hydroxylation sites is 1. The minimum Gasteiger partial charge on any atom is -0.493 e. The fourth-order valence-corrected chi connectivity index (χ4v) is 1.89. The molecule has 0 unspecified atom stereocenters. The van der Waals surface area contributed by atoms with Gasteiger partial charge in [-0.15, -0.1) is 0 Å². The fourth-order valence-electron chi connectivity index (χ4n) is 1.89. The topological polar surface area (TPSA) is 35.5 Å². The van der Waals surface area contributed by atoms with Gasteiger partial charge in [0, 0.05) is 18.9 Å². The molecule has 0 heterocycles. The molecule has 0 aliphatic rings. The second kappa shape index (κ2) is 8.10. The van der Waals surface area contributed by atoms with E-state index in [4.69, 9.17) is 9.47 Å². The van der Waals surface area contributed by atoms with E-state index < -0.39 is 0 Å². The molecule has 0 bridgehead atoms. The van der Waals surface area contributed by atoms with Crippen molar-refractivity contribution in [2.75, 3.05) is 6.61 Å². The van der Waals surface area contributed by atoms with Crippen LogP contribution in [0.5, 0.6) is 17.2 Å². The van der Waals surface area contributed by atoms with Gasteiger partial charge in [-0.2, -0.15) is 0 Å². The van der Waals surface area contributed by atoms with Crippen LogP contribution in [-0.4, -0.2) is 12.4 Å². The first-order chi connectivity index (χ1) is 10.3. The number of carbonyl (C=O) groups excluding carboxylic acids is 1. The zero-order valence-corrected chi connectivity index (χ0v) is 12.2. The van der Waals surface area contributed by atoms with Crippen molar-refractivity contribution in [3.05, 3.63) is 54.6 Å². The Morgan fingerprint density at radius 1 is 0.952 bits per heavy atom. The smallest absolute Gasteiger partial charge is 0.132 e. The summed E-state index contributed by atoms with van der Waals surface area (Å²) in [6.07, 6.45) is 1.92. The van der Waals surface area contributed by atoms with Crippen molar-refractivity contribution in [1.82, 2.24) is 0 Å². The van der Waals surface area contributed by atoms with E-state index in [9.17, 15) is 4.79 Å². The SMILES string of the molecule is CCC(=O)CCCOc1cccc(Oc2ccccc2)c1. The second-order valence-corrected chi connectivity index (χ2v) is 4.73. The zero-order chi connectivity index (χ0) is 14.9. The lowest BCUT2D eigenvalue weighted by Gasteiger charge is -2.09. The van der Waals surface area contributed by atoms with Crippen LogP contribution in [0.1, 0.15) is 26.2 Å². The summed E-state index contributed by atoms with van der Waals surface area (Å²) in [4.78, 5) is 11.2. The van der Waals surface area contributed by atoms with Crippen LogP contribution in [0, 0.1) is 0 Å². The predicted octanol–water partition coefficient (Wildman–Crippen LogP) is 4.62. The van der Waals surface area contributed by atoms with Crippen molar-refractivity contribution in [3.8, 4) is 17.2 Å². The van der Waals surface area contributed by atoms with Gasteiger partial charge in [0.1, 0.15) is 23.0 Å². The van der Waals surface area contributed by atoms with Gasteiger partial charge >= 0.3 is 0 Å². The van der Waals surface area contributed by atoms with E-state index >= 15 is 0 Å². The van der Waals surface area contributed by atoms with Gasteiger partial charge in [0.2, 0.25) is 0 Å². The molecule has 0 saturated heterocycles. The number of rotatable bonds is 8. The Morgan fingerprint density at radius 3 is 2.43 bits per heavy atom. The zero-order valence-electron chi connectivity index (χ0n) is 12.2. The van der Waals surface area contributed by atoms with Gasteiger partial charge in [0.05, 0.1) is 6.61 Å². The van der Waals surface area contributed by atoms with Crippen molar-refractivity contribution >= 4 is 5.78 Å². The summed E-state index contributed by atoms with van der Waals surface area (Å²) in [6, 6.07) is 17.2. The lowest BCUT2D eigenvalue weighted by Crippen LogP contribution is -2.02. The molecule has 0 spiro atoms. The van der Waals surface area contributed by atoms with E-state index in [1.807, 2.05) is 61.5 Å². The Hall–Kier alpha value is -2.29. The van der Waals surface area contributed by atoms with Gasteiger partial charge in [0.25, 0.3) is 0 Å². The van der Waals surface area contributed by atoms with Crippen molar-refractivity contribution in [3.63, 3.8) is 0 Å². The highest BCUT2D eigenvalue weighted by atomic mass is 16.5. The van der Waals surface area contributed by atoms with Crippen LogP contribution in [0.3, 0.4) is 0 Å². The summed E-state index contributed by atoms with van der Waals surface area (Å²) in [7, 11) is 0. The van der Waals surface area contributed by atoms with Crippen LogP contribution in [0.15, 0.2) is 54.6 Å².